The maximum absolute atomic E-state index is 13.9. The van der Waals surface area contributed by atoms with Crippen LogP contribution in [0.2, 0.25) is 0 Å². The fourth-order valence-corrected chi connectivity index (χ4v) is 2.89. The summed E-state index contributed by atoms with van der Waals surface area (Å²) in [7, 11) is 0. The number of carbonyl (C=O) groups excluding carboxylic acids is 1. The van der Waals surface area contributed by atoms with Crippen LogP contribution < -0.4 is 5.73 Å². The van der Waals surface area contributed by atoms with Gasteiger partial charge < -0.3 is 10.6 Å². The highest BCUT2D eigenvalue weighted by Gasteiger charge is 2.28. The second-order valence-corrected chi connectivity index (χ2v) is 5.56. The Labute approximate surface area is 120 Å². The van der Waals surface area contributed by atoms with Crippen molar-refractivity contribution in [1.82, 2.24) is 4.90 Å². The summed E-state index contributed by atoms with van der Waals surface area (Å²) in [6.07, 6.45) is 5.09. The van der Waals surface area contributed by atoms with Crippen LogP contribution in [0.5, 0.6) is 0 Å². The smallest absolute Gasteiger partial charge is 0.257 e. The Balaban J connectivity index is 2.22. The quantitative estimate of drug-likeness (QED) is 0.900. The van der Waals surface area contributed by atoms with Gasteiger partial charge in [-0.2, -0.15) is 0 Å². The Morgan fingerprint density at radius 1 is 1.40 bits per heavy atom. The second-order valence-electron chi connectivity index (χ2n) is 5.56. The van der Waals surface area contributed by atoms with Crippen molar-refractivity contribution in [1.29, 1.82) is 0 Å². The normalized spacial score (nSPS) is 15.6. The van der Waals surface area contributed by atoms with Crippen molar-refractivity contribution < 1.29 is 9.18 Å². The summed E-state index contributed by atoms with van der Waals surface area (Å²) in [6, 6.07) is 4.95. The van der Waals surface area contributed by atoms with Gasteiger partial charge in [0.2, 0.25) is 0 Å². The molecule has 0 bridgehead atoms. The number of halogens is 1. The molecule has 0 radical (unpaired) electrons. The third kappa shape index (κ3) is 3.37. The van der Waals surface area contributed by atoms with Gasteiger partial charge in [-0.3, -0.25) is 4.79 Å². The number of amides is 1. The van der Waals surface area contributed by atoms with Gasteiger partial charge >= 0.3 is 0 Å². The molecule has 1 aliphatic carbocycles. The summed E-state index contributed by atoms with van der Waals surface area (Å²) < 4.78 is 13.9. The van der Waals surface area contributed by atoms with Crippen LogP contribution in [0.3, 0.4) is 0 Å². The Morgan fingerprint density at radius 2 is 2.10 bits per heavy atom. The Hall–Kier alpha value is -1.42. The second kappa shape index (κ2) is 6.84. The van der Waals surface area contributed by atoms with E-state index in [1.54, 1.807) is 12.1 Å². The lowest BCUT2D eigenvalue weighted by atomic mass is 10.1. The van der Waals surface area contributed by atoms with Crippen molar-refractivity contribution in [3.8, 4) is 0 Å². The number of nitrogens with zero attached hydrogens (tertiary/aromatic N) is 1. The number of hydrogen-bond acceptors (Lipinski definition) is 2. The molecule has 1 aromatic carbocycles. The molecule has 0 saturated heterocycles. The van der Waals surface area contributed by atoms with Crippen LogP contribution in [0.4, 0.5) is 4.39 Å². The van der Waals surface area contributed by atoms with Crippen LogP contribution in [0.15, 0.2) is 18.2 Å². The molecule has 3 nitrogen and oxygen atoms in total. The summed E-state index contributed by atoms with van der Waals surface area (Å²) in [4.78, 5) is 14.5. The minimum atomic E-state index is -0.434. The average molecular weight is 278 g/mol. The highest BCUT2D eigenvalue weighted by Crippen LogP contribution is 2.26. The van der Waals surface area contributed by atoms with E-state index in [2.05, 4.69) is 0 Å². The molecule has 1 amide bonds. The Bertz CT molecular complexity index is 470. The molecule has 1 fully saturated rings. The fraction of sp³-hybridized carbons (Fsp3) is 0.562. The predicted octanol–water partition coefficient (Wildman–Crippen LogP) is 2.87. The van der Waals surface area contributed by atoms with Gasteiger partial charge in [0.15, 0.2) is 0 Å². The summed E-state index contributed by atoms with van der Waals surface area (Å²) >= 11 is 0. The van der Waals surface area contributed by atoms with Crippen LogP contribution in [0.25, 0.3) is 0 Å². The molecule has 1 aliphatic rings. The van der Waals surface area contributed by atoms with Crippen molar-refractivity contribution in [2.24, 2.45) is 5.73 Å². The summed E-state index contributed by atoms with van der Waals surface area (Å²) in [5.41, 5.74) is 6.65. The first kappa shape index (κ1) is 15.0. The van der Waals surface area contributed by atoms with Crippen molar-refractivity contribution in [3.05, 3.63) is 35.1 Å². The lowest BCUT2D eigenvalue weighted by Crippen LogP contribution is -2.40. The minimum Gasteiger partial charge on any atom is -0.336 e. The Kier molecular flexibility index (Phi) is 5.12. The van der Waals surface area contributed by atoms with Crippen LogP contribution in [0.1, 0.15) is 48.0 Å². The minimum absolute atomic E-state index is 0.188. The molecule has 2 N–H and O–H groups in total. The molecule has 0 aromatic heterocycles. The lowest BCUT2D eigenvalue weighted by Gasteiger charge is -2.29. The third-order valence-electron chi connectivity index (χ3n) is 3.98. The zero-order valence-electron chi connectivity index (χ0n) is 12.1. The first-order valence-electron chi connectivity index (χ1n) is 7.40. The van der Waals surface area contributed by atoms with Crippen LogP contribution >= 0.6 is 0 Å². The first-order chi connectivity index (χ1) is 9.63. The fourth-order valence-electron chi connectivity index (χ4n) is 2.89. The van der Waals surface area contributed by atoms with E-state index in [0.29, 0.717) is 13.1 Å². The molecule has 0 unspecified atom stereocenters. The Morgan fingerprint density at radius 3 is 2.75 bits per heavy atom. The highest BCUT2D eigenvalue weighted by molar-refractivity contribution is 5.95. The number of aryl methyl sites for hydroxylation is 1. The largest absolute Gasteiger partial charge is 0.336 e. The number of hydrogen-bond donors (Lipinski definition) is 1. The molecule has 0 aliphatic heterocycles. The van der Waals surface area contributed by atoms with Crippen molar-refractivity contribution in [2.45, 2.75) is 45.1 Å². The van der Waals surface area contributed by atoms with E-state index in [4.69, 9.17) is 5.73 Å². The van der Waals surface area contributed by atoms with E-state index in [0.717, 1.165) is 37.7 Å². The summed E-state index contributed by atoms with van der Waals surface area (Å²) in [6.45, 7) is 3.04. The lowest BCUT2D eigenvalue weighted by molar-refractivity contribution is 0.0675. The van der Waals surface area contributed by atoms with Crippen LogP contribution in [0, 0.1) is 12.7 Å². The van der Waals surface area contributed by atoms with Crippen LogP contribution in [-0.4, -0.2) is 29.9 Å². The van der Waals surface area contributed by atoms with Crippen molar-refractivity contribution in [2.75, 3.05) is 13.1 Å². The highest BCUT2D eigenvalue weighted by atomic mass is 19.1. The van der Waals surface area contributed by atoms with E-state index < -0.39 is 5.82 Å². The van der Waals surface area contributed by atoms with E-state index in [9.17, 15) is 9.18 Å². The molecule has 4 heteroatoms. The molecule has 0 heterocycles. The van der Waals surface area contributed by atoms with E-state index >= 15 is 0 Å². The SMILES string of the molecule is Cc1ccc(F)c(C(=O)N(CCCN)C2CCCC2)c1. The van der Waals surface area contributed by atoms with Crippen molar-refractivity contribution >= 4 is 5.91 Å². The zero-order chi connectivity index (χ0) is 14.5. The predicted molar refractivity (Wildman–Crippen MR) is 78.1 cm³/mol. The van der Waals surface area contributed by atoms with E-state index in [1.165, 1.54) is 6.07 Å². The summed E-state index contributed by atoms with van der Waals surface area (Å²) in [5.74, 6) is -0.622. The topological polar surface area (TPSA) is 46.3 Å². The van der Waals surface area contributed by atoms with Gasteiger partial charge in [0.1, 0.15) is 5.82 Å². The molecular weight excluding hydrogens is 255 g/mol. The maximum Gasteiger partial charge on any atom is 0.257 e. The average Bonchev–Trinajstić information content (AvgIpc) is 2.95. The molecule has 1 aromatic rings. The van der Waals surface area contributed by atoms with Gasteiger partial charge in [-0.1, -0.05) is 24.5 Å². The maximum atomic E-state index is 13.9. The standard InChI is InChI=1S/C16H23FN2O/c1-12-7-8-15(17)14(11-12)16(20)19(10-4-9-18)13-5-2-3-6-13/h7-8,11,13H,2-6,9-10,18H2,1H3. The molecular formula is C16H23FN2O. The van der Waals surface area contributed by atoms with Crippen LogP contribution in [-0.2, 0) is 0 Å². The molecule has 2 rings (SSSR count). The van der Waals surface area contributed by atoms with Gasteiger partial charge in [-0.05, 0) is 44.9 Å². The molecule has 0 atom stereocenters. The first-order valence-corrected chi connectivity index (χ1v) is 7.40. The summed E-state index contributed by atoms with van der Waals surface area (Å²) in [5, 5.41) is 0. The number of benzene rings is 1. The molecule has 0 spiro atoms. The van der Waals surface area contributed by atoms with Gasteiger partial charge in [0, 0.05) is 12.6 Å². The third-order valence-corrected chi connectivity index (χ3v) is 3.98. The molecule has 1 saturated carbocycles. The van der Waals surface area contributed by atoms with E-state index in [1.807, 2.05) is 11.8 Å². The molecule has 110 valence electrons. The van der Waals surface area contributed by atoms with E-state index in [-0.39, 0.29) is 17.5 Å². The number of nitrogens with two attached hydrogens (primary N) is 1. The number of carbonyl (C=O) groups is 1. The van der Waals surface area contributed by atoms with Crippen molar-refractivity contribution in [3.63, 3.8) is 0 Å². The van der Waals surface area contributed by atoms with Gasteiger partial charge in [-0.25, -0.2) is 4.39 Å². The van der Waals surface area contributed by atoms with Gasteiger partial charge in [0.05, 0.1) is 5.56 Å². The number of rotatable bonds is 5. The monoisotopic (exact) mass is 278 g/mol. The zero-order valence-corrected chi connectivity index (χ0v) is 12.1. The molecule has 20 heavy (non-hydrogen) atoms. The van der Waals surface area contributed by atoms with Gasteiger partial charge in [0.25, 0.3) is 5.91 Å². The van der Waals surface area contributed by atoms with Gasteiger partial charge in [-0.15, -0.1) is 0 Å².